The van der Waals surface area contributed by atoms with Crippen LogP contribution in [-0.4, -0.2) is 59.5 Å². The molecular formula is C39H46N4O2. The van der Waals surface area contributed by atoms with Gasteiger partial charge in [-0.05, 0) is 102 Å². The summed E-state index contributed by atoms with van der Waals surface area (Å²) >= 11 is 0. The highest BCUT2D eigenvalue weighted by atomic mass is 16.5. The fourth-order valence-corrected chi connectivity index (χ4v) is 7.58. The first-order valence-electron chi connectivity index (χ1n) is 17.0. The Bertz CT molecular complexity index is 1650. The van der Waals surface area contributed by atoms with E-state index in [-0.39, 0.29) is 11.4 Å². The Balaban J connectivity index is 1.30. The second-order valence-electron chi connectivity index (χ2n) is 13.3. The first kappa shape index (κ1) is 29.9. The maximum atomic E-state index is 14.7. The van der Waals surface area contributed by atoms with Crippen LogP contribution < -0.4 is 10.1 Å². The van der Waals surface area contributed by atoms with Crippen LogP contribution in [0, 0.1) is 6.92 Å². The third-order valence-electron chi connectivity index (χ3n) is 10.2. The molecule has 4 aromatic rings. The van der Waals surface area contributed by atoms with E-state index in [2.05, 4.69) is 70.6 Å². The van der Waals surface area contributed by atoms with Crippen LogP contribution >= 0.6 is 0 Å². The van der Waals surface area contributed by atoms with E-state index in [0.717, 1.165) is 65.0 Å². The van der Waals surface area contributed by atoms with E-state index in [1.54, 1.807) is 0 Å². The lowest BCUT2D eigenvalue weighted by molar-refractivity contribution is 0.0881. The second-order valence-corrected chi connectivity index (χ2v) is 13.3. The van der Waals surface area contributed by atoms with Gasteiger partial charge in [-0.1, -0.05) is 60.5 Å². The molecule has 0 unspecified atom stereocenters. The first-order valence-corrected chi connectivity index (χ1v) is 17.0. The highest BCUT2D eigenvalue weighted by Crippen LogP contribution is 2.46. The van der Waals surface area contributed by atoms with Gasteiger partial charge in [-0.15, -0.1) is 0 Å². The van der Waals surface area contributed by atoms with E-state index in [0.29, 0.717) is 19.2 Å². The van der Waals surface area contributed by atoms with Gasteiger partial charge in [0.05, 0.1) is 28.9 Å². The van der Waals surface area contributed by atoms with Gasteiger partial charge in [0.25, 0.3) is 5.91 Å². The number of rotatable bonds is 9. The van der Waals surface area contributed by atoms with Crippen molar-refractivity contribution in [1.29, 1.82) is 0 Å². The number of nitrogens with one attached hydrogen (secondary N) is 1. The molecule has 2 saturated heterocycles. The summed E-state index contributed by atoms with van der Waals surface area (Å²) in [4.78, 5) is 25.3. The number of aromatic nitrogens is 1. The molecule has 234 valence electrons. The number of carbonyl (C=O) groups excluding carboxylic acids is 1. The highest BCUT2D eigenvalue weighted by molar-refractivity contribution is 6.09. The maximum absolute atomic E-state index is 14.7. The van der Waals surface area contributed by atoms with Crippen molar-refractivity contribution < 1.29 is 9.53 Å². The molecular weight excluding hydrogens is 556 g/mol. The summed E-state index contributed by atoms with van der Waals surface area (Å²) in [7, 11) is 0. The molecule has 3 aliphatic rings. The van der Waals surface area contributed by atoms with Gasteiger partial charge >= 0.3 is 0 Å². The van der Waals surface area contributed by atoms with E-state index in [1.807, 2.05) is 31.2 Å². The van der Waals surface area contributed by atoms with Crippen molar-refractivity contribution in [3.8, 4) is 17.0 Å². The summed E-state index contributed by atoms with van der Waals surface area (Å²) in [6.07, 6.45) is 8.28. The third kappa shape index (κ3) is 6.36. The van der Waals surface area contributed by atoms with Crippen molar-refractivity contribution in [2.24, 2.45) is 0 Å². The molecule has 6 nitrogen and oxygen atoms in total. The molecule has 3 heterocycles. The molecule has 0 bridgehead atoms. The van der Waals surface area contributed by atoms with Crippen molar-refractivity contribution in [3.05, 3.63) is 95.1 Å². The van der Waals surface area contributed by atoms with Gasteiger partial charge in [-0.2, -0.15) is 0 Å². The zero-order valence-corrected chi connectivity index (χ0v) is 26.9. The van der Waals surface area contributed by atoms with Gasteiger partial charge < -0.3 is 15.0 Å². The molecule has 3 aromatic carbocycles. The van der Waals surface area contributed by atoms with Gasteiger partial charge in [0.1, 0.15) is 5.75 Å². The molecule has 1 amide bonds. The van der Waals surface area contributed by atoms with Crippen molar-refractivity contribution in [2.45, 2.75) is 76.9 Å². The molecule has 3 fully saturated rings. The molecule has 1 aromatic heterocycles. The Morgan fingerprint density at radius 3 is 2.42 bits per heavy atom. The minimum atomic E-state index is -0.313. The summed E-state index contributed by atoms with van der Waals surface area (Å²) in [5.41, 5.74) is 6.55. The van der Waals surface area contributed by atoms with Crippen LogP contribution in [0.25, 0.3) is 22.2 Å². The molecule has 6 heteroatoms. The number of benzene rings is 3. The Labute approximate surface area is 267 Å². The van der Waals surface area contributed by atoms with E-state index in [9.17, 15) is 4.79 Å². The van der Waals surface area contributed by atoms with E-state index >= 15 is 0 Å². The smallest absolute Gasteiger partial charge is 0.253 e. The van der Waals surface area contributed by atoms with Crippen molar-refractivity contribution in [3.63, 3.8) is 0 Å². The van der Waals surface area contributed by atoms with E-state index in [1.165, 1.54) is 56.3 Å². The molecule has 1 N–H and O–H groups in total. The Morgan fingerprint density at radius 2 is 1.71 bits per heavy atom. The number of likely N-dealkylation sites (tertiary alicyclic amines) is 2. The Kier molecular flexibility index (Phi) is 8.61. The number of fused-ring (bicyclic) bond motifs is 1. The fraction of sp³-hybridized carbons (Fsp3) is 0.436. The van der Waals surface area contributed by atoms with Gasteiger partial charge in [-0.25, -0.2) is 4.98 Å². The molecule has 2 aliphatic heterocycles. The van der Waals surface area contributed by atoms with Crippen molar-refractivity contribution >= 4 is 16.8 Å². The Hall–Kier alpha value is -3.74. The lowest BCUT2D eigenvalue weighted by Gasteiger charge is -2.40. The van der Waals surface area contributed by atoms with Gasteiger partial charge in [0, 0.05) is 35.2 Å². The molecule has 0 atom stereocenters. The Morgan fingerprint density at radius 1 is 0.933 bits per heavy atom. The number of pyridine rings is 1. The third-order valence-corrected chi connectivity index (χ3v) is 10.2. The minimum absolute atomic E-state index is 0.0139. The van der Waals surface area contributed by atoms with Gasteiger partial charge in [0.2, 0.25) is 0 Å². The van der Waals surface area contributed by atoms with Crippen molar-refractivity contribution in [2.75, 3.05) is 32.8 Å². The van der Waals surface area contributed by atoms with Crippen LogP contribution in [0.15, 0.2) is 72.8 Å². The summed E-state index contributed by atoms with van der Waals surface area (Å²) in [6, 6.07) is 25.7. The number of nitrogens with zero attached hydrogens (tertiary/aromatic N) is 3. The molecule has 7 rings (SSSR count). The minimum Gasteiger partial charge on any atom is -0.494 e. The topological polar surface area (TPSA) is 57.7 Å². The van der Waals surface area contributed by atoms with Crippen LogP contribution in [-0.2, 0) is 12.1 Å². The highest BCUT2D eigenvalue weighted by Gasteiger charge is 2.46. The second kappa shape index (κ2) is 12.9. The SMILES string of the molecule is CCOc1ccc2c(C(=O)NC3(c4ccccc4)CC3)c(CN3CCC(N4CCCCC4)CC3)c(-c3cccc(C)c3)nc2c1. The number of aryl methyl sites for hydroxylation is 1. The number of piperidine rings is 2. The molecule has 1 aliphatic carbocycles. The maximum Gasteiger partial charge on any atom is 0.253 e. The lowest BCUT2D eigenvalue weighted by Crippen LogP contribution is -2.46. The van der Waals surface area contributed by atoms with Crippen LogP contribution in [0.1, 0.15) is 78.9 Å². The van der Waals surface area contributed by atoms with Gasteiger partial charge in [0.15, 0.2) is 0 Å². The number of hydrogen-bond acceptors (Lipinski definition) is 5. The first-order chi connectivity index (χ1) is 22.0. The summed E-state index contributed by atoms with van der Waals surface area (Å²) < 4.78 is 5.89. The van der Waals surface area contributed by atoms with Crippen molar-refractivity contribution in [1.82, 2.24) is 20.1 Å². The average Bonchev–Trinajstić information content (AvgIpc) is 3.86. The quantitative estimate of drug-likeness (QED) is 0.215. The predicted octanol–water partition coefficient (Wildman–Crippen LogP) is 7.48. The standard InChI is InChI=1S/C39H46N4O2/c1-3-45-32-15-16-33-35(26-32)40-37(29-12-10-11-28(2)25-29)34(27-42-23-17-31(18-24-42)43-21-8-5-9-22-43)36(33)38(44)41-39(19-20-39)30-13-6-4-7-14-30/h4,6-7,10-16,25-26,31H,3,5,8-9,17-24,27H2,1-2H3,(H,41,44). The van der Waals surface area contributed by atoms with Crippen LogP contribution in [0.3, 0.4) is 0 Å². The average molecular weight is 603 g/mol. The largest absolute Gasteiger partial charge is 0.494 e. The van der Waals surface area contributed by atoms with E-state index < -0.39 is 0 Å². The molecule has 1 saturated carbocycles. The van der Waals surface area contributed by atoms with Crippen LogP contribution in [0.5, 0.6) is 5.75 Å². The van der Waals surface area contributed by atoms with E-state index in [4.69, 9.17) is 9.72 Å². The van der Waals surface area contributed by atoms with Crippen LogP contribution in [0.4, 0.5) is 0 Å². The number of carbonyl (C=O) groups is 1. The zero-order chi connectivity index (χ0) is 30.8. The normalized spacial score (nSPS) is 19.0. The monoisotopic (exact) mass is 602 g/mol. The number of ether oxygens (including phenoxy) is 1. The molecule has 45 heavy (non-hydrogen) atoms. The fourth-order valence-electron chi connectivity index (χ4n) is 7.58. The lowest BCUT2D eigenvalue weighted by atomic mass is 9.93. The zero-order valence-electron chi connectivity index (χ0n) is 26.9. The summed E-state index contributed by atoms with van der Waals surface area (Å²) in [5.74, 6) is 0.759. The summed E-state index contributed by atoms with van der Waals surface area (Å²) in [6.45, 7) is 9.94. The summed E-state index contributed by atoms with van der Waals surface area (Å²) in [5, 5.41) is 4.41. The predicted molar refractivity (Wildman–Crippen MR) is 182 cm³/mol. The number of hydrogen-bond donors (Lipinski definition) is 1. The molecule has 0 radical (unpaired) electrons. The van der Waals surface area contributed by atoms with Crippen LogP contribution in [0.2, 0.25) is 0 Å². The molecule has 0 spiro atoms. The number of amides is 1. The van der Waals surface area contributed by atoms with Gasteiger partial charge in [-0.3, -0.25) is 9.69 Å².